The number of aromatic nitrogens is 2. The highest BCUT2D eigenvalue weighted by Crippen LogP contribution is 2.43. The Labute approximate surface area is 151 Å². The molecule has 4 rings (SSSR count). The monoisotopic (exact) mass is 350 g/mol. The highest BCUT2D eigenvalue weighted by molar-refractivity contribution is 6.52. The van der Waals surface area contributed by atoms with Crippen LogP contribution < -0.4 is 4.65 Å². The van der Waals surface area contributed by atoms with E-state index in [1.54, 1.807) is 17.1 Å². The van der Waals surface area contributed by atoms with Crippen LogP contribution in [0.3, 0.4) is 0 Å². The lowest BCUT2D eigenvalue weighted by molar-refractivity contribution is -0.132. The lowest BCUT2D eigenvalue weighted by Crippen LogP contribution is -2.44. The molecule has 26 heavy (non-hydrogen) atoms. The maximum absolute atomic E-state index is 12.2. The van der Waals surface area contributed by atoms with E-state index in [0.717, 1.165) is 28.6 Å². The number of amides is 1. The summed E-state index contributed by atoms with van der Waals surface area (Å²) in [5, 5.41) is 19.9. The highest BCUT2D eigenvalue weighted by atomic mass is 16.5. The first-order valence-electron chi connectivity index (χ1n) is 8.76. The van der Waals surface area contributed by atoms with Crippen LogP contribution in [0, 0.1) is 23.2 Å². The molecule has 0 spiro atoms. The van der Waals surface area contributed by atoms with Crippen LogP contribution in [-0.4, -0.2) is 46.0 Å². The largest absolute Gasteiger partial charge is 0.552 e. The Kier molecular flexibility index (Phi) is 4.17. The zero-order valence-corrected chi connectivity index (χ0v) is 14.5. The number of nitrogens with zero attached hydrogens (tertiary/aromatic N) is 3. The topological polar surface area (TPSA) is 102 Å². The van der Waals surface area contributed by atoms with Crippen molar-refractivity contribution in [3.05, 3.63) is 30.0 Å². The van der Waals surface area contributed by atoms with Gasteiger partial charge in [0.05, 0.1) is 12.3 Å². The Morgan fingerprint density at radius 3 is 3.27 bits per heavy atom. The van der Waals surface area contributed by atoms with E-state index in [-0.39, 0.29) is 18.2 Å². The van der Waals surface area contributed by atoms with Crippen LogP contribution in [0.15, 0.2) is 24.4 Å². The molecule has 0 bridgehead atoms. The van der Waals surface area contributed by atoms with Crippen molar-refractivity contribution >= 4 is 29.6 Å². The predicted octanol–water partition coefficient (Wildman–Crippen LogP) is 1.76. The minimum absolute atomic E-state index is 0.0594. The lowest BCUT2D eigenvalue weighted by atomic mass is 9.72. The van der Waals surface area contributed by atoms with Crippen molar-refractivity contribution in [1.82, 2.24) is 14.9 Å². The summed E-state index contributed by atoms with van der Waals surface area (Å²) in [4.78, 5) is 21.4. The van der Waals surface area contributed by atoms with E-state index in [4.69, 9.17) is 9.92 Å². The summed E-state index contributed by atoms with van der Waals surface area (Å²) in [6, 6.07) is 3.88. The normalized spacial score (nSPS) is 22.4. The number of rotatable bonds is 2. The Bertz CT molecular complexity index is 932. The SMILES string of the molecule is CC1CCN(C(=O)CC#N)CC1C1=CB(O)Oc2cnc3[nH]ccc3c21. The molecule has 1 saturated heterocycles. The molecule has 2 aliphatic heterocycles. The van der Waals surface area contributed by atoms with E-state index in [1.807, 2.05) is 18.3 Å². The van der Waals surface area contributed by atoms with Crippen LogP contribution in [0.25, 0.3) is 16.6 Å². The van der Waals surface area contributed by atoms with Crippen molar-refractivity contribution in [3.63, 3.8) is 0 Å². The van der Waals surface area contributed by atoms with Crippen molar-refractivity contribution in [2.45, 2.75) is 19.8 Å². The second kappa shape index (κ2) is 6.50. The Morgan fingerprint density at radius 2 is 2.46 bits per heavy atom. The molecule has 1 amide bonds. The molecule has 4 heterocycles. The summed E-state index contributed by atoms with van der Waals surface area (Å²) in [5.74, 6) is 2.54. The van der Waals surface area contributed by atoms with Gasteiger partial charge in [-0.15, -0.1) is 0 Å². The molecule has 0 radical (unpaired) electrons. The van der Waals surface area contributed by atoms with E-state index in [0.29, 0.717) is 24.8 Å². The van der Waals surface area contributed by atoms with Crippen molar-refractivity contribution in [1.29, 1.82) is 5.26 Å². The molecule has 2 aromatic heterocycles. The Hall–Kier alpha value is -2.79. The van der Waals surface area contributed by atoms with Crippen LogP contribution in [0.5, 0.6) is 5.75 Å². The van der Waals surface area contributed by atoms with Gasteiger partial charge in [0.15, 0.2) is 0 Å². The van der Waals surface area contributed by atoms with Gasteiger partial charge in [-0.1, -0.05) is 6.92 Å². The standard InChI is InChI=1S/C18H19BN4O3/c1-11-4-7-23(16(24)2-5-20)10-14(11)13-8-19(25)26-15-9-22-18-12(17(13)15)3-6-21-18/h3,6,8-9,11,14,25H,2,4,7,10H2,1H3,(H,21,22). The first-order valence-corrected chi connectivity index (χ1v) is 8.76. The molecule has 2 aliphatic rings. The van der Waals surface area contributed by atoms with E-state index in [2.05, 4.69) is 16.9 Å². The van der Waals surface area contributed by atoms with E-state index in [9.17, 15) is 9.82 Å². The molecule has 0 aliphatic carbocycles. The van der Waals surface area contributed by atoms with Gasteiger partial charge in [0.2, 0.25) is 5.91 Å². The number of carbonyl (C=O) groups is 1. The highest BCUT2D eigenvalue weighted by Gasteiger charge is 2.36. The van der Waals surface area contributed by atoms with Gasteiger partial charge in [0.25, 0.3) is 0 Å². The van der Waals surface area contributed by atoms with Gasteiger partial charge in [-0.25, -0.2) is 4.98 Å². The average molecular weight is 350 g/mol. The molecule has 2 atom stereocenters. The predicted molar refractivity (Wildman–Crippen MR) is 96.8 cm³/mol. The number of carbonyl (C=O) groups excluding carboxylic acids is 1. The summed E-state index contributed by atoms with van der Waals surface area (Å²) < 4.78 is 5.56. The molecule has 1 fully saturated rings. The van der Waals surface area contributed by atoms with E-state index < -0.39 is 7.12 Å². The molecule has 2 N–H and O–H groups in total. The minimum Gasteiger partial charge on any atom is -0.531 e. The summed E-state index contributed by atoms with van der Waals surface area (Å²) in [5.41, 5.74) is 2.66. The van der Waals surface area contributed by atoms with Crippen LogP contribution in [0.4, 0.5) is 0 Å². The van der Waals surface area contributed by atoms with Crippen LogP contribution >= 0.6 is 0 Å². The molecule has 0 saturated carbocycles. The quantitative estimate of drug-likeness (QED) is 0.804. The minimum atomic E-state index is -1.03. The Morgan fingerprint density at radius 1 is 1.62 bits per heavy atom. The number of aromatic amines is 1. The summed E-state index contributed by atoms with van der Waals surface area (Å²) in [6.45, 7) is 3.36. The molecule has 7 nitrogen and oxygen atoms in total. The zero-order chi connectivity index (χ0) is 18.3. The first kappa shape index (κ1) is 16.7. The molecule has 0 aromatic carbocycles. The van der Waals surface area contributed by atoms with E-state index >= 15 is 0 Å². The van der Waals surface area contributed by atoms with Gasteiger partial charge < -0.3 is 19.6 Å². The number of nitrogens with one attached hydrogen (secondary N) is 1. The number of H-pyrrole nitrogens is 1. The number of hydrogen-bond donors (Lipinski definition) is 2. The summed E-state index contributed by atoms with van der Waals surface area (Å²) in [7, 11) is -1.03. The fraction of sp³-hybridized carbons (Fsp3) is 0.389. The van der Waals surface area contributed by atoms with Crippen molar-refractivity contribution < 1.29 is 14.5 Å². The number of fused-ring (bicyclic) bond motifs is 3. The first-order chi connectivity index (χ1) is 12.6. The second-order valence-corrected chi connectivity index (χ2v) is 6.91. The number of pyridine rings is 1. The van der Waals surface area contributed by atoms with Crippen molar-refractivity contribution in [3.8, 4) is 11.8 Å². The summed E-state index contributed by atoms with van der Waals surface area (Å²) in [6.07, 6.45) is 4.20. The van der Waals surface area contributed by atoms with Crippen LogP contribution in [0.1, 0.15) is 25.3 Å². The number of nitriles is 1. The van der Waals surface area contributed by atoms with Gasteiger partial charge in [-0.2, -0.15) is 5.26 Å². The smallest absolute Gasteiger partial charge is 0.531 e. The Balaban J connectivity index is 1.75. The zero-order valence-electron chi connectivity index (χ0n) is 14.5. The maximum atomic E-state index is 12.2. The third kappa shape index (κ3) is 2.74. The van der Waals surface area contributed by atoms with Gasteiger partial charge in [-0.3, -0.25) is 4.79 Å². The van der Waals surface area contributed by atoms with Crippen LogP contribution in [-0.2, 0) is 4.79 Å². The molecular weight excluding hydrogens is 331 g/mol. The summed E-state index contributed by atoms with van der Waals surface area (Å²) >= 11 is 0. The van der Waals surface area contributed by atoms with E-state index in [1.165, 1.54) is 0 Å². The molecule has 2 aromatic rings. The third-order valence-electron chi connectivity index (χ3n) is 5.35. The number of hydrogen-bond acceptors (Lipinski definition) is 5. The van der Waals surface area contributed by atoms with Gasteiger partial charge in [0.1, 0.15) is 17.8 Å². The number of likely N-dealkylation sites (tertiary alicyclic amines) is 1. The molecule has 8 heteroatoms. The maximum Gasteiger partial charge on any atom is 0.552 e. The van der Waals surface area contributed by atoms with Crippen LogP contribution in [0.2, 0.25) is 0 Å². The van der Waals surface area contributed by atoms with Crippen molar-refractivity contribution in [2.75, 3.05) is 13.1 Å². The van der Waals surface area contributed by atoms with Gasteiger partial charge >= 0.3 is 7.12 Å². The van der Waals surface area contributed by atoms with Gasteiger partial charge in [0, 0.05) is 36.2 Å². The third-order valence-corrected chi connectivity index (χ3v) is 5.35. The fourth-order valence-corrected chi connectivity index (χ4v) is 3.97. The molecule has 2 unspecified atom stereocenters. The second-order valence-electron chi connectivity index (χ2n) is 6.91. The van der Waals surface area contributed by atoms with Gasteiger partial charge in [-0.05, 0) is 30.0 Å². The lowest BCUT2D eigenvalue weighted by Gasteiger charge is -2.39. The molecular formula is C18H19BN4O3. The molecule has 132 valence electrons. The average Bonchev–Trinajstić information content (AvgIpc) is 3.10. The van der Waals surface area contributed by atoms with Crippen molar-refractivity contribution in [2.24, 2.45) is 11.8 Å². The fourth-order valence-electron chi connectivity index (χ4n) is 3.97. The number of piperidine rings is 1.